The molecule has 2 aromatic rings. The van der Waals surface area contributed by atoms with Gasteiger partial charge < -0.3 is 15.4 Å². The minimum absolute atomic E-state index is 0.0683. The van der Waals surface area contributed by atoms with Gasteiger partial charge in [0.05, 0.1) is 11.3 Å². The molecule has 0 aliphatic carbocycles. The van der Waals surface area contributed by atoms with Gasteiger partial charge in [-0.1, -0.05) is 6.07 Å². The quantitative estimate of drug-likeness (QED) is 0.791. The fraction of sp³-hybridized carbons (Fsp3) is 0.0714. The van der Waals surface area contributed by atoms with E-state index < -0.39 is 17.3 Å². The Balaban J connectivity index is 2.41. The van der Waals surface area contributed by atoms with Crippen LogP contribution in [0, 0.1) is 6.92 Å². The number of carbonyl (C=O) groups is 2. The van der Waals surface area contributed by atoms with Crippen LogP contribution in [-0.4, -0.2) is 22.0 Å². The molecule has 0 aliphatic heterocycles. The van der Waals surface area contributed by atoms with Crippen LogP contribution in [0.3, 0.4) is 0 Å². The van der Waals surface area contributed by atoms with E-state index in [2.05, 4.69) is 26.2 Å². The highest BCUT2D eigenvalue weighted by atomic mass is 79.9. The van der Waals surface area contributed by atoms with Crippen molar-refractivity contribution >= 4 is 33.5 Å². The molecule has 0 fully saturated rings. The first-order chi connectivity index (χ1) is 9.90. The van der Waals surface area contributed by atoms with E-state index >= 15 is 0 Å². The topological polar surface area (TPSA) is 99.3 Å². The number of carboxylic acid groups (broad SMARTS) is 1. The van der Waals surface area contributed by atoms with E-state index in [0.717, 1.165) is 0 Å². The average Bonchev–Trinajstić information content (AvgIpc) is 2.40. The molecule has 7 heteroatoms. The number of aryl methyl sites for hydroxylation is 1. The van der Waals surface area contributed by atoms with Gasteiger partial charge in [0.1, 0.15) is 5.56 Å². The number of pyridine rings is 1. The normalized spacial score (nSPS) is 10.2. The van der Waals surface area contributed by atoms with Crippen molar-refractivity contribution < 1.29 is 14.7 Å². The van der Waals surface area contributed by atoms with Gasteiger partial charge in [-0.2, -0.15) is 0 Å². The first kappa shape index (κ1) is 15.0. The SMILES string of the molecule is Cc1cc(=O)c(C(=O)Nc2c(Br)cccc2C(=O)O)c[nH]1. The van der Waals surface area contributed by atoms with Crippen LogP contribution in [-0.2, 0) is 0 Å². The van der Waals surface area contributed by atoms with Crippen LogP contribution in [0.15, 0.2) is 39.7 Å². The van der Waals surface area contributed by atoms with E-state index in [4.69, 9.17) is 5.11 Å². The fourth-order valence-electron chi connectivity index (χ4n) is 1.76. The summed E-state index contributed by atoms with van der Waals surface area (Å²) in [7, 11) is 0. The molecule has 1 aromatic carbocycles. The number of rotatable bonds is 3. The molecule has 108 valence electrons. The van der Waals surface area contributed by atoms with E-state index in [1.807, 2.05) is 0 Å². The van der Waals surface area contributed by atoms with Gasteiger partial charge in [-0.05, 0) is 35.0 Å². The van der Waals surface area contributed by atoms with Gasteiger partial charge in [-0.15, -0.1) is 0 Å². The molecule has 1 aromatic heterocycles. The van der Waals surface area contributed by atoms with E-state index in [1.54, 1.807) is 19.1 Å². The maximum absolute atomic E-state index is 12.1. The Hall–Kier alpha value is -2.41. The Morgan fingerprint density at radius 3 is 2.62 bits per heavy atom. The van der Waals surface area contributed by atoms with E-state index in [-0.39, 0.29) is 16.8 Å². The van der Waals surface area contributed by atoms with Crippen LogP contribution in [0.4, 0.5) is 5.69 Å². The molecule has 1 amide bonds. The number of anilines is 1. The van der Waals surface area contributed by atoms with Crippen molar-refractivity contribution in [2.75, 3.05) is 5.32 Å². The van der Waals surface area contributed by atoms with Gasteiger partial charge in [0, 0.05) is 22.4 Å². The van der Waals surface area contributed by atoms with Gasteiger partial charge in [0.15, 0.2) is 5.43 Å². The second-order valence-electron chi connectivity index (χ2n) is 4.32. The number of nitrogens with one attached hydrogen (secondary N) is 2. The van der Waals surface area contributed by atoms with Gasteiger partial charge in [-0.25, -0.2) is 4.79 Å². The summed E-state index contributed by atoms with van der Waals surface area (Å²) in [6.07, 6.45) is 1.30. The van der Waals surface area contributed by atoms with Gasteiger partial charge in [0.2, 0.25) is 0 Å². The predicted molar refractivity (Wildman–Crippen MR) is 80.9 cm³/mol. The predicted octanol–water partition coefficient (Wildman–Crippen LogP) is 2.40. The molecule has 21 heavy (non-hydrogen) atoms. The summed E-state index contributed by atoms with van der Waals surface area (Å²) in [5, 5.41) is 11.6. The summed E-state index contributed by atoms with van der Waals surface area (Å²) in [5.74, 6) is -1.85. The molecule has 0 saturated heterocycles. The molecule has 0 aliphatic rings. The first-order valence-electron chi connectivity index (χ1n) is 5.92. The van der Waals surface area contributed by atoms with Crippen molar-refractivity contribution in [1.29, 1.82) is 0 Å². The molecular weight excluding hydrogens is 340 g/mol. The molecule has 6 nitrogen and oxygen atoms in total. The number of aromatic nitrogens is 1. The number of H-pyrrole nitrogens is 1. The average molecular weight is 351 g/mol. The number of hydrogen-bond donors (Lipinski definition) is 3. The lowest BCUT2D eigenvalue weighted by molar-refractivity contribution is 0.0698. The van der Waals surface area contributed by atoms with Crippen molar-refractivity contribution in [3.8, 4) is 0 Å². The number of carboxylic acids is 1. The second-order valence-corrected chi connectivity index (χ2v) is 5.17. The summed E-state index contributed by atoms with van der Waals surface area (Å²) < 4.78 is 0.416. The number of aromatic amines is 1. The van der Waals surface area contributed by atoms with E-state index in [0.29, 0.717) is 10.2 Å². The number of aromatic carboxylic acids is 1. The maximum Gasteiger partial charge on any atom is 0.337 e. The second kappa shape index (κ2) is 5.92. The van der Waals surface area contributed by atoms with Gasteiger partial charge in [-0.3, -0.25) is 9.59 Å². The highest BCUT2D eigenvalue weighted by Crippen LogP contribution is 2.26. The number of hydrogen-bond acceptors (Lipinski definition) is 3. The minimum Gasteiger partial charge on any atom is -0.478 e. The third-order valence-electron chi connectivity index (χ3n) is 2.78. The van der Waals surface area contributed by atoms with Gasteiger partial charge >= 0.3 is 5.97 Å². The van der Waals surface area contributed by atoms with Crippen LogP contribution in [0.2, 0.25) is 0 Å². The number of benzene rings is 1. The Morgan fingerprint density at radius 2 is 2.00 bits per heavy atom. The molecule has 2 rings (SSSR count). The standard InChI is InChI=1S/C14H11BrN2O4/c1-7-5-11(18)9(6-16-7)13(19)17-12-8(14(20)21)3-2-4-10(12)15/h2-6H,1H3,(H,16,18)(H,17,19)(H,20,21). The van der Waals surface area contributed by atoms with Crippen molar-refractivity contribution in [2.24, 2.45) is 0 Å². The summed E-state index contributed by atoms with van der Waals surface area (Å²) in [4.78, 5) is 37.8. The monoisotopic (exact) mass is 350 g/mol. The molecule has 1 heterocycles. The Bertz CT molecular complexity index is 783. The Labute approximate surface area is 127 Å². The molecule has 0 saturated carbocycles. The fourth-order valence-corrected chi connectivity index (χ4v) is 2.23. The lowest BCUT2D eigenvalue weighted by Gasteiger charge is -2.10. The summed E-state index contributed by atoms with van der Waals surface area (Å²) >= 11 is 3.18. The zero-order valence-corrected chi connectivity index (χ0v) is 12.5. The summed E-state index contributed by atoms with van der Waals surface area (Å²) in [5.41, 5.74) is 0.139. The van der Waals surface area contributed by atoms with E-state index in [1.165, 1.54) is 18.3 Å². The molecule has 0 unspecified atom stereocenters. The van der Waals surface area contributed by atoms with Crippen LogP contribution in [0.1, 0.15) is 26.4 Å². The van der Waals surface area contributed by atoms with E-state index in [9.17, 15) is 14.4 Å². The maximum atomic E-state index is 12.1. The zero-order valence-electron chi connectivity index (χ0n) is 10.9. The number of halogens is 1. The lowest BCUT2D eigenvalue weighted by atomic mass is 10.1. The first-order valence-corrected chi connectivity index (χ1v) is 6.72. The zero-order chi connectivity index (χ0) is 15.6. The molecule has 0 atom stereocenters. The van der Waals surface area contributed by atoms with Crippen molar-refractivity contribution in [2.45, 2.75) is 6.92 Å². The smallest absolute Gasteiger partial charge is 0.337 e. The summed E-state index contributed by atoms with van der Waals surface area (Å²) in [6.45, 7) is 1.69. The highest BCUT2D eigenvalue weighted by molar-refractivity contribution is 9.10. The molecule has 3 N–H and O–H groups in total. The number of carbonyl (C=O) groups excluding carboxylic acids is 1. The minimum atomic E-state index is -1.18. The largest absolute Gasteiger partial charge is 0.478 e. The Morgan fingerprint density at radius 1 is 1.29 bits per heavy atom. The Kier molecular flexibility index (Phi) is 4.23. The van der Waals surface area contributed by atoms with Crippen molar-refractivity contribution in [3.05, 3.63) is 62.0 Å². The molecule has 0 bridgehead atoms. The highest BCUT2D eigenvalue weighted by Gasteiger charge is 2.17. The number of amides is 1. The van der Waals surface area contributed by atoms with Crippen molar-refractivity contribution in [3.63, 3.8) is 0 Å². The van der Waals surface area contributed by atoms with Crippen molar-refractivity contribution in [1.82, 2.24) is 4.98 Å². The third-order valence-corrected chi connectivity index (χ3v) is 3.45. The summed E-state index contributed by atoms with van der Waals surface area (Å²) in [6, 6.07) is 5.80. The van der Waals surface area contributed by atoms with Crippen LogP contribution in [0.5, 0.6) is 0 Å². The molecule has 0 radical (unpaired) electrons. The third kappa shape index (κ3) is 3.19. The number of para-hydroxylation sites is 1. The van der Waals surface area contributed by atoms with Crippen LogP contribution >= 0.6 is 15.9 Å². The van der Waals surface area contributed by atoms with Crippen LogP contribution in [0.25, 0.3) is 0 Å². The molecule has 0 spiro atoms. The molecular formula is C14H11BrN2O4. The lowest BCUT2D eigenvalue weighted by Crippen LogP contribution is -2.22. The van der Waals surface area contributed by atoms with Crippen LogP contribution < -0.4 is 10.7 Å². The van der Waals surface area contributed by atoms with Gasteiger partial charge in [0.25, 0.3) is 5.91 Å².